The van der Waals surface area contributed by atoms with Crippen molar-refractivity contribution in [2.24, 2.45) is 0 Å². The van der Waals surface area contributed by atoms with Crippen LogP contribution in [0.1, 0.15) is 36.7 Å². The number of hydrogen-bond donors (Lipinski definition) is 3. The van der Waals surface area contributed by atoms with Crippen molar-refractivity contribution in [2.45, 2.75) is 32.7 Å². The molecular formula is C19H20F2N2O3. The minimum absolute atomic E-state index is 0.303. The zero-order valence-corrected chi connectivity index (χ0v) is 14.7. The van der Waals surface area contributed by atoms with E-state index in [0.29, 0.717) is 11.3 Å². The van der Waals surface area contributed by atoms with E-state index in [9.17, 15) is 23.5 Å². The number of carbonyl (C=O) groups is 2. The van der Waals surface area contributed by atoms with Crippen LogP contribution in [-0.4, -0.2) is 22.5 Å². The van der Waals surface area contributed by atoms with Crippen LogP contribution in [0, 0.1) is 11.6 Å². The number of nitrogens with one attached hydrogen (secondary N) is 2. The van der Waals surface area contributed by atoms with Gasteiger partial charge in [-0.1, -0.05) is 6.07 Å². The van der Waals surface area contributed by atoms with Crippen molar-refractivity contribution in [3.63, 3.8) is 0 Å². The average Bonchev–Trinajstić information content (AvgIpc) is 2.54. The first-order valence-electron chi connectivity index (χ1n) is 7.95. The first-order chi connectivity index (χ1) is 12.1. The number of benzene rings is 2. The highest BCUT2D eigenvalue weighted by Gasteiger charge is 2.18. The van der Waals surface area contributed by atoms with Crippen molar-refractivity contribution >= 4 is 17.5 Å². The summed E-state index contributed by atoms with van der Waals surface area (Å²) in [7, 11) is 0. The first kappa shape index (κ1) is 19.4. The Balaban J connectivity index is 2.12. The van der Waals surface area contributed by atoms with Crippen molar-refractivity contribution < 1.29 is 23.5 Å². The van der Waals surface area contributed by atoms with E-state index in [1.165, 1.54) is 6.07 Å². The van der Waals surface area contributed by atoms with Gasteiger partial charge in [0.2, 0.25) is 5.91 Å². The van der Waals surface area contributed by atoms with Crippen LogP contribution >= 0.6 is 0 Å². The summed E-state index contributed by atoms with van der Waals surface area (Å²) in [5, 5.41) is 14.9. The number of aromatic hydroxyl groups is 1. The van der Waals surface area contributed by atoms with Crippen LogP contribution in [0.3, 0.4) is 0 Å². The summed E-state index contributed by atoms with van der Waals surface area (Å²) in [5.41, 5.74) is -0.169. The van der Waals surface area contributed by atoms with E-state index in [4.69, 9.17) is 0 Å². The predicted molar refractivity (Wildman–Crippen MR) is 94.0 cm³/mol. The molecule has 0 unspecified atom stereocenters. The van der Waals surface area contributed by atoms with Gasteiger partial charge in [0.1, 0.15) is 5.75 Å². The van der Waals surface area contributed by atoms with Crippen molar-refractivity contribution in [1.82, 2.24) is 5.32 Å². The van der Waals surface area contributed by atoms with Gasteiger partial charge < -0.3 is 15.7 Å². The summed E-state index contributed by atoms with van der Waals surface area (Å²) in [6.07, 6.45) is -0.548. The summed E-state index contributed by atoms with van der Waals surface area (Å²) in [6, 6.07) is 7.98. The van der Waals surface area contributed by atoms with Gasteiger partial charge in [0.15, 0.2) is 11.6 Å². The number of phenolic OH excluding ortho intramolecular Hbond substituents is 1. The van der Waals surface area contributed by atoms with Gasteiger partial charge in [-0.15, -0.1) is 0 Å². The normalized spacial score (nSPS) is 11.1. The third-order valence-electron chi connectivity index (χ3n) is 3.41. The predicted octanol–water partition coefficient (Wildman–Crippen LogP) is 3.38. The number of carbonyl (C=O) groups excluding carboxylic acids is 2. The first-order valence-corrected chi connectivity index (χ1v) is 7.95. The van der Waals surface area contributed by atoms with E-state index in [1.807, 2.05) is 20.8 Å². The number of amides is 2. The molecule has 138 valence electrons. The Morgan fingerprint density at radius 2 is 1.81 bits per heavy atom. The Hall–Kier alpha value is -2.96. The van der Waals surface area contributed by atoms with Gasteiger partial charge in [-0.05, 0) is 51.1 Å². The van der Waals surface area contributed by atoms with E-state index >= 15 is 0 Å². The molecule has 0 aliphatic carbocycles. The van der Waals surface area contributed by atoms with Gasteiger partial charge in [-0.2, -0.15) is 0 Å². The van der Waals surface area contributed by atoms with E-state index in [0.717, 1.165) is 12.1 Å². The molecule has 5 nitrogen and oxygen atoms in total. The highest BCUT2D eigenvalue weighted by atomic mass is 19.2. The van der Waals surface area contributed by atoms with Gasteiger partial charge in [0.05, 0.1) is 6.42 Å². The monoisotopic (exact) mass is 362 g/mol. The molecule has 0 spiro atoms. The minimum atomic E-state index is -1.27. The Bertz CT molecular complexity index is 845. The second-order valence-corrected chi connectivity index (χ2v) is 6.87. The highest BCUT2D eigenvalue weighted by molar-refractivity contribution is 5.98. The highest BCUT2D eigenvalue weighted by Crippen LogP contribution is 2.23. The van der Waals surface area contributed by atoms with E-state index < -0.39 is 40.8 Å². The Morgan fingerprint density at radius 3 is 2.46 bits per heavy atom. The molecule has 2 aromatic carbocycles. The largest absolute Gasteiger partial charge is 0.508 e. The topological polar surface area (TPSA) is 78.4 Å². The summed E-state index contributed by atoms with van der Waals surface area (Å²) in [5.74, 6) is -3.87. The fraction of sp³-hybridized carbons (Fsp3) is 0.263. The Morgan fingerprint density at radius 1 is 1.12 bits per heavy atom. The van der Waals surface area contributed by atoms with Crippen molar-refractivity contribution in [3.8, 4) is 5.75 Å². The van der Waals surface area contributed by atoms with Gasteiger partial charge >= 0.3 is 0 Å². The quantitative estimate of drug-likeness (QED) is 0.780. The maximum Gasteiger partial charge on any atom is 0.251 e. The molecule has 0 aromatic heterocycles. The molecule has 2 rings (SSSR count). The standard InChI is InChI=1S/C19H20F2N2O3/c1-19(2,3)23-18(26)11-5-4-6-12(9-11)22-16(25)10-13-15(24)8-7-14(20)17(13)21/h4-9,24H,10H2,1-3H3,(H,22,25)(H,23,26). The van der Waals surface area contributed by atoms with Crippen LogP contribution in [0.5, 0.6) is 5.75 Å². The van der Waals surface area contributed by atoms with Crippen LogP contribution < -0.4 is 10.6 Å². The molecule has 0 atom stereocenters. The van der Waals surface area contributed by atoms with Crippen LogP contribution in [0.4, 0.5) is 14.5 Å². The summed E-state index contributed by atoms with van der Waals surface area (Å²) >= 11 is 0. The molecule has 2 aromatic rings. The zero-order valence-electron chi connectivity index (χ0n) is 14.7. The fourth-order valence-electron chi connectivity index (χ4n) is 2.27. The molecule has 0 heterocycles. The van der Waals surface area contributed by atoms with Crippen LogP contribution in [-0.2, 0) is 11.2 Å². The van der Waals surface area contributed by atoms with Crippen LogP contribution in [0.2, 0.25) is 0 Å². The number of phenols is 1. The summed E-state index contributed by atoms with van der Waals surface area (Å²) < 4.78 is 27.0. The maximum atomic E-state index is 13.7. The second-order valence-electron chi connectivity index (χ2n) is 6.87. The molecule has 0 fully saturated rings. The van der Waals surface area contributed by atoms with E-state index in [-0.39, 0.29) is 5.91 Å². The molecular weight excluding hydrogens is 342 g/mol. The number of halogens is 2. The fourth-order valence-corrected chi connectivity index (χ4v) is 2.27. The van der Waals surface area contributed by atoms with Crippen LogP contribution in [0.25, 0.3) is 0 Å². The van der Waals surface area contributed by atoms with E-state index in [2.05, 4.69) is 10.6 Å². The van der Waals surface area contributed by atoms with Crippen molar-refractivity contribution in [3.05, 3.63) is 59.2 Å². The van der Waals surface area contributed by atoms with Gasteiger partial charge in [0, 0.05) is 22.4 Å². The number of anilines is 1. The van der Waals surface area contributed by atoms with Gasteiger partial charge in [-0.3, -0.25) is 9.59 Å². The lowest BCUT2D eigenvalue weighted by atomic mass is 10.1. The average molecular weight is 362 g/mol. The van der Waals surface area contributed by atoms with Crippen LogP contribution in [0.15, 0.2) is 36.4 Å². The molecule has 2 amide bonds. The molecule has 0 radical (unpaired) electrons. The van der Waals surface area contributed by atoms with E-state index in [1.54, 1.807) is 18.2 Å². The molecule has 0 aliphatic rings. The molecule has 0 bridgehead atoms. The molecule has 3 N–H and O–H groups in total. The van der Waals surface area contributed by atoms with Crippen molar-refractivity contribution in [2.75, 3.05) is 5.32 Å². The third-order valence-corrected chi connectivity index (χ3v) is 3.41. The van der Waals surface area contributed by atoms with Gasteiger partial charge in [-0.25, -0.2) is 8.78 Å². The summed E-state index contributed by atoms with van der Waals surface area (Å²) in [4.78, 5) is 24.3. The second kappa shape index (κ2) is 7.51. The smallest absolute Gasteiger partial charge is 0.251 e. The number of rotatable bonds is 4. The molecule has 0 aliphatic heterocycles. The third kappa shape index (κ3) is 5.02. The zero-order chi connectivity index (χ0) is 19.5. The SMILES string of the molecule is CC(C)(C)NC(=O)c1cccc(NC(=O)Cc2c(O)ccc(F)c2F)c1. The Labute approximate surface area is 150 Å². The van der Waals surface area contributed by atoms with Gasteiger partial charge in [0.25, 0.3) is 5.91 Å². The Kier molecular flexibility index (Phi) is 5.59. The lowest BCUT2D eigenvalue weighted by Gasteiger charge is -2.20. The van der Waals surface area contributed by atoms with Crippen molar-refractivity contribution in [1.29, 1.82) is 0 Å². The molecule has 0 saturated carbocycles. The lowest BCUT2D eigenvalue weighted by molar-refractivity contribution is -0.115. The summed E-state index contributed by atoms with van der Waals surface area (Å²) in [6.45, 7) is 5.53. The maximum absolute atomic E-state index is 13.7. The number of hydrogen-bond acceptors (Lipinski definition) is 3. The minimum Gasteiger partial charge on any atom is -0.508 e. The molecule has 0 saturated heterocycles. The molecule has 7 heteroatoms. The lowest BCUT2D eigenvalue weighted by Crippen LogP contribution is -2.40. The molecule has 26 heavy (non-hydrogen) atoms.